The molecule has 0 saturated heterocycles. The number of sulfonamides is 1. The zero-order chi connectivity index (χ0) is 16.7. The number of benzene rings is 1. The van der Waals surface area contributed by atoms with Crippen molar-refractivity contribution in [3.8, 4) is 0 Å². The van der Waals surface area contributed by atoms with Crippen LogP contribution in [0.3, 0.4) is 0 Å². The van der Waals surface area contributed by atoms with Crippen molar-refractivity contribution in [3.63, 3.8) is 0 Å². The summed E-state index contributed by atoms with van der Waals surface area (Å²) in [7, 11) is -3.11. The van der Waals surface area contributed by atoms with Gasteiger partial charge in [0.15, 0.2) is 5.96 Å². The Hall–Kier alpha value is -1.60. The summed E-state index contributed by atoms with van der Waals surface area (Å²) >= 11 is 0. The summed E-state index contributed by atoms with van der Waals surface area (Å²) in [5.74, 6) is 0.904. The van der Waals surface area contributed by atoms with Crippen LogP contribution in [0.2, 0.25) is 0 Å². The average molecular weight is 338 g/mol. The first-order valence-corrected chi connectivity index (χ1v) is 9.93. The molecular weight excluding hydrogens is 312 g/mol. The quantitative estimate of drug-likeness (QED) is 0.460. The average Bonchev–Trinajstić information content (AvgIpc) is 2.52. The minimum atomic E-state index is -3.11. The molecule has 0 saturated carbocycles. The second kappa shape index (κ2) is 8.31. The molecule has 128 valence electrons. The first-order valence-electron chi connectivity index (χ1n) is 8.04. The lowest BCUT2D eigenvalue weighted by Crippen LogP contribution is -2.44. The molecule has 0 aromatic heterocycles. The molecule has 6 nitrogen and oxygen atoms in total. The van der Waals surface area contributed by atoms with Gasteiger partial charge in [-0.15, -0.1) is 0 Å². The van der Waals surface area contributed by atoms with E-state index < -0.39 is 10.0 Å². The van der Waals surface area contributed by atoms with E-state index in [9.17, 15) is 8.42 Å². The Labute approximate surface area is 139 Å². The lowest BCUT2D eigenvalue weighted by atomic mass is 10.0. The van der Waals surface area contributed by atoms with Gasteiger partial charge < -0.3 is 10.2 Å². The molecule has 1 aliphatic rings. The Bertz CT molecular complexity index is 643. The molecular formula is C16H26N4O2S. The summed E-state index contributed by atoms with van der Waals surface area (Å²) in [6, 6.07) is 8.51. The first-order chi connectivity index (χ1) is 11.0. The number of nitrogens with one attached hydrogen (secondary N) is 2. The van der Waals surface area contributed by atoms with Gasteiger partial charge in [-0.25, -0.2) is 13.1 Å². The van der Waals surface area contributed by atoms with Crippen molar-refractivity contribution in [2.45, 2.75) is 26.3 Å². The van der Waals surface area contributed by atoms with Crippen LogP contribution in [-0.2, 0) is 23.0 Å². The first kappa shape index (κ1) is 17.7. The minimum absolute atomic E-state index is 0.421. The van der Waals surface area contributed by atoms with Crippen LogP contribution in [-0.4, -0.2) is 51.7 Å². The fourth-order valence-corrected chi connectivity index (χ4v) is 3.14. The third kappa shape index (κ3) is 5.84. The number of hydrogen-bond acceptors (Lipinski definition) is 3. The van der Waals surface area contributed by atoms with Gasteiger partial charge in [0.25, 0.3) is 0 Å². The van der Waals surface area contributed by atoms with Crippen molar-refractivity contribution in [2.24, 2.45) is 4.99 Å². The van der Waals surface area contributed by atoms with E-state index in [1.54, 1.807) is 0 Å². The van der Waals surface area contributed by atoms with E-state index in [1.807, 2.05) is 0 Å². The standard InChI is InChI=1S/C16H26N4O2S/c1-3-17-16(18-10-6-11-19-23(2,21)22)20-12-9-14-7-4-5-8-15(14)13-20/h4-5,7-8,19H,3,6,9-13H2,1-2H3,(H,17,18). The molecule has 2 N–H and O–H groups in total. The molecule has 0 radical (unpaired) electrons. The summed E-state index contributed by atoms with van der Waals surface area (Å²) in [5.41, 5.74) is 2.76. The van der Waals surface area contributed by atoms with Crippen molar-refractivity contribution < 1.29 is 8.42 Å². The molecule has 0 aliphatic carbocycles. The van der Waals surface area contributed by atoms with Gasteiger partial charge in [-0.05, 0) is 30.9 Å². The van der Waals surface area contributed by atoms with Gasteiger partial charge in [-0.3, -0.25) is 4.99 Å². The van der Waals surface area contributed by atoms with E-state index in [1.165, 1.54) is 17.4 Å². The Morgan fingerprint density at radius 2 is 2.04 bits per heavy atom. The topological polar surface area (TPSA) is 73.8 Å². The van der Waals surface area contributed by atoms with Gasteiger partial charge in [0.2, 0.25) is 10.0 Å². The van der Waals surface area contributed by atoms with E-state index in [2.05, 4.69) is 51.1 Å². The molecule has 1 heterocycles. The lowest BCUT2D eigenvalue weighted by molar-refractivity contribution is 0.378. The van der Waals surface area contributed by atoms with Crippen molar-refractivity contribution in [1.82, 2.24) is 14.9 Å². The molecule has 0 bridgehead atoms. The van der Waals surface area contributed by atoms with Crippen molar-refractivity contribution in [1.29, 1.82) is 0 Å². The number of hydrogen-bond donors (Lipinski definition) is 2. The van der Waals surface area contributed by atoms with Crippen molar-refractivity contribution in [2.75, 3.05) is 32.4 Å². The van der Waals surface area contributed by atoms with Crippen LogP contribution in [0.4, 0.5) is 0 Å². The van der Waals surface area contributed by atoms with Crippen LogP contribution in [0.15, 0.2) is 29.3 Å². The Morgan fingerprint density at radius 3 is 2.74 bits per heavy atom. The van der Waals surface area contributed by atoms with Crippen LogP contribution in [0, 0.1) is 0 Å². The number of fused-ring (bicyclic) bond motifs is 1. The highest BCUT2D eigenvalue weighted by molar-refractivity contribution is 7.88. The Morgan fingerprint density at radius 1 is 1.30 bits per heavy atom. The predicted octanol–water partition coefficient (Wildman–Crippen LogP) is 0.950. The molecule has 2 rings (SSSR count). The second-order valence-electron chi connectivity index (χ2n) is 5.70. The summed E-state index contributed by atoms with van der Waals surface area (Å²) in [6.45, 7) is 5.71. The van der Waals surface area contributed by atoms with Crippen LogP contribution >= 0.6 is 0 Å². The van der Waals surface area contributed by atoms with E-state index in [4.69, 9.17) is 0 Å². The predicted molar refractivity (Wildman–Crippen MR) is 94.0 cm³/mol. The number of guanidine groups is 1. The van der Waals surface area contributed by atoms with Gasteiger partial charge >= 0.3 is 0 Å². The fraction of sp³-hybridized carbons (Fsp3) is 0.562. The highest BCUT2D eigenvalue weighted by Crippen LogP contribution is 2.18. The van der Waals surface area contributed by atoms with Crippen molar-refractivity contribution >= 4 is 16.0 Å². The second-order valence-corrected chi connectivity index (χ2v) is 7.53. The van der Waals surface area contributed by atoms with Crippen LogP contribution in [0.1, 0.15) is 24.5 Å². The minimum Gasteiger partial charge on any atom is -0.357 e. The van der Waals surface area contributed by atoms with E-state index in [-0.39, 0.29) is 0 Å². The van der Waals surface area contributed by atoms with Crippen LogP contribution in [0.5, 0.6) is 0 Å². The molecule has 0 fully saturated rings. The largest absolute Gasteiger partial charge is 0.357 e. The molecule has 23 heavy (non-hydrogen) atoms. The summed E-state index contributed by atoms with van der Waals surface area (Å²) in [4.78, 5) is 6.89. The van der Waals surface area contributed by atoms with Gasteiger partial charge in [-0.2, -0.15) is 0 Å². The lowest BCUT2D eigenvalue weighted by Gasteiger charge is -2.31. The van der Waals surface area contributed by atoms with E-state index in [0.29, 0.717) is 19.5 Å². The summed E-state index contributed by atoms with van der Waals surface area (Å²) in [6.07, 6.45) is 2.88. The monoisotopic (exact) mass is 338 g/mol. The number of nitrogens with zero attached hydrogens (tertiary/aromatic N) is 2. The summed E-state index contributed by atoms with van der Waals surface area (Å²) < 4.78 is 24.5. The molecule has 0 atom stereocenters. The Balaban J connectivity index is 1.92. The van der Waals surface area contributed by atoms with E-state index in [0.717, 1.165) is 32.0 Å². The smallest absolute Gasteiger partial charge is 0.208 e. The molecule has 1 aromatic rings. The molecule has 0 spiro atoms. The van der Waals surface area contributed by atoms with Crippen LogP contribution < -0.4 is 10.0 Å². The van der Waals surface area contributed by atoms with Gasteiger partial charge in [0.1, 0.15) is 0 Å². The molecule has 7 heteroatoms. The summed E-state index contributed by atoms with van der Waals surface area (Å²) in [5, 5.41) is 3.33. The van der Waals surface area contributed by atoms with E-state index >= 15 is 0 Å². The maximum absolute atomic E-state index is 11.0. The van der Waals surface area contributed by atoms with Gasteiger partial charge in [0, 0.05) is 32.7 Å². The van der Waals surface area contributed by atoms with Crippen LogP contribution in [0.25, 0.3) is 0 Å². The highest BCUT2D eigenvalue weighted by Gasteiger charge is 2.18. The zero-order valence-corrected chi connectivity index (χ0v) is 14.7. The molecule has 0 unspecified atom stereocenters. The SMILES string of the molecule is CCNC(=NCCCNS(C)(=O)=O)N1CCc2ccccc2C1. The van der Waals surface area contributed by atoms with Gasteiger partial charge in [0.05, 0.1) is 6.26 Å². The molecule has 1 aromatic carbocycles. The third-order valence-electron chi connectivity index (χ3n) is 3.73. The zero-order valence-electron chi connectivity index (χ0n) is 13.9. The number of aliphatic imine (C=N–C) groups is 1. The highest BCUT2D eigenvalue weighted by atomic mass is 32.2. The number of rotatable bonds is 6. The molecule has 0 amide bonds. The normalized spacial score (nSPS) is 15.4. The maximum atomic E-state index is 11.0. The third-order valence-corrected chi connectivity index (χ3v) is 4.45. The Kier molecular flexibility index (Phi) is 6.41. The maximum Gasteiger partial charge on any atom is 0.208 e. The molecule has 1 aliphatic heterocycles. The van der Waals surface area contributed by atoms with Gasteiger partial charge in [-0.1, -0.05) is 24.3 Å². The van der Waals surface area contributed by atoms with Crippen molar-refractivity contribution in [3.05, 3.63) is 35.4 Å². The fourth-order valence-electron chi connectivity index (χ4n) is 2.62.